The number of nitrogens with zero attached hydrogens (tertiary/aromatic N) is 1. The maximum absolute atomic E-state index is 13.4. The van der Waals surface area contributed by atoms with Crippen molar-refractivity contribution in [2.45, 2.75) is 19.4 Å². The van der Waals surface area contributed by atoms with E-state index >= 15 is 0 Å². The van der Waals surface area contributed by atoms with E-state index in [2.05, 4.69) is 0 Å². The molecule has 5 rings (SSSR count). The highest BCUT2D eigenvalue weighted by Gasteiger charge is 2.47. The summed E-state index contributed by atoms with van der Waals surface area (Å²) in [5, 5.41) is 13.2. The number of Topliss-reactive ketones (excluding diaryl/α,β-unsaturated/α-hetero) is 1. The summed E-state index contributed by atoms with van der Waals surface area (Å²) >= 11 is 0. The molecule has 37 heavy (non-hydrogen) atoms. The molecule has 0 aromatic heterocycles. The van der Waals surface area contributed by atoms with Crippen LogP contribution in [-0.2, 0) is 14.3 Å². The van der Waals surface area contributed by atoms with E-state index in [1.165, 1.54) is 4.90 Å². The molecule has 0 radical (unpaired) electrons. The second-order valence-electron chi connectivity index (χ2n) is 8.79. The Balaban J connectivity index is 1.64. The fourth-order valence-electron chi connectivity index (χ4n) is 4.66. The van der Waals surface area contributed by atoms with Crippen LogP contribution in [-0.4, -0.2) is 29.4 Å². The van der Waals surface area contributed by atoms with Gasteiger partial charge in [0.05, 0.1) is 23.8 Å². The number of esters is 1. The molecule has 1 saturated heterocycles. The van der Waals surface area contributed by atoms with Crippen LogP contribution in [0.5, 0.6) is 0 Å². The molecule has 1 fully saturated rings. The largest absolute Gasteiger partial charge is 0.507 e. The van der Waals surface area contributed by atoms with Gasteiger partial charge in [-0.1, -0.05) is 79.7 Å². The Kier molecular flexibility index (Phi) is 6.56. The first-order chi connectivity index (χ1) is 18.0. The molecule has 4 aromatic carbocycles. The van der Waals surface area contributed by atoms with Crippen molar-refractivity contribution in [1.82, 2.24) is 0 Å². The molecule has 1 amide bonds. The number of ketones is 1. The van der Waals surface area contributed by atoms with Crippen molar-refractivity contribution in [3.63, 3.8) is 0 Å². The van der Waals surface area contributed by atoms with Crippen molar-refractivity contribution in [2.75, 3.05) is 11.5 Å². The monoisotopic (exact) mass is 491 g/mol. The minimum atomic E-state index is -0.849. The molecule has 1 aliphatic rings. The number of ether oxygens (including phenoxy) is 1. The Labute approximate surface area is 214 Å². The van der Waals surface area contributed by atoms with Crippen molar-refractivity contribution in [1.29, 1.82) is 0 Å². The van der Waals surface area contributed by atoms with Crippen LogP contribution in [0.2, 0.25) is 0 Å². The van der Waals surface area contributed by atoms with Crippen molar-refractivity contribution >= 4 is 39.9 Å². The third kappa shape index (κ3) is 4.38. The molecule has 4 aromatic rings. The zero-order chi connectivity index (χ0) is 25.9. The Hall–Kier alpha value is -4.71. The van der Waals surface area contributed by atoms with Gasteiger partial charge in [-0.05, 0) is 47.0 Å². The number of aliphatic hydroxyl groups is 1. The average Bonchev–Trinajstić information content (AvgIpc) is 3.21. The van der Waals surface area contributed by atoms with Gasteiger partial charge in [-0.15, -0.1) is 0 Å². The third-order valence-electron chi connectivity index (χ3n) is 6.42. The van der Waals surface area contributed by atoms with Crippen LogP contribution in [0.3, 0.4) is 0 Å². The fourth-order valence-corrected chi connectivity index (χ4v) is 4.66. The molecule has 0 aliphatic carbocycles. The molecular weight excluding hydrogens is 466 g/mol. The minimum absolute atomic E-state index is 0.0129. The average molecular weight is 492 g/mol. The molecule has 0 spiro atoms. The Bertz CT molecular complexity index is 1520. The fraction of sp³-hybridized carbons (Fsp3) is 0.129. The Morgan fingerprint density at radius 1 is 0.865 bits per heavy atom. The Morgan fingerprint density at radius 2 is 1.54 bits per heavy atom. The number of carbonyl (C=O) groups excluding carboxylic acids is 3. The van der Waals surface area contributed by atoms with Gasteiger partial charge in [0.1, 0.15) is 5.76 Å². The van der Waals surface area contributed by atoms with E-state index < -0.39 is 23.7 Å². The van der Waals surface area contributed by atoms with Gasteiger partial charge in [0.2, 0.25) is 0 Å². The summed E-state index contributed by atoms with van der Waals surface area (Å²) in [7, 11) is 0. The topological polar surface area (TPSA) is 83.9 Å². The molecule has 1 atom stereocenters. The van der Waals surface area contributed by atoms with E-state index in [-0.39, 0.29) is 11.3 Å². The van der Waals surface area contributed by atoms with Gasteiger partial charge in [0.15, 0.2) is 0 Å². The summed E-state index contributed by atoms with van der Waals surface area (Å²) in [6.07, 6.45) is 0.711. The lowest BCUT2D eigenvalue weighted by atomic mass is 9.93. The molecule has 1 unspecified atom stereocenters. The van der Waals surface area contributed by atoms with Gasteiger partial charge in [0.25, 0.3) is 11.7 Å². The normalized spacial score (nSPS) is 16.8. The molecule has 0 saturated carbocycles. The smallest absolute Gasteiger partial charge is 0.338 e. The number of amides is 1. The highest BCUT2D eigenvalue weighted by atomic mass is 16.5. The van der Waals surface area contributed by atoms with Gasteiger partial charge in [-0.2, -0.15) is 0 Å². The van der Waals surface area contributed by atoms with Gasteiger partial charge >= 0.3 is 5.97 Å². The van der Waals surface area contributed by atoms with Gasteiger partial charge in [0, 0.05) is 11.3 Å². The SMILES string of the molecule is CCCOC(=O)c1ccc(N2C(=O)C(=O)/C(=C(\O)c3cccc4ccccc34)C2c2ccccc2)cc1. The van der Waals surface area contributed by atoms with E-state index in [1.807, 2.05) is 67.6 Å². The van der Waals surface area contributed by atoms with Crippen molar-refractivity contribution in [3.05, 3.63) is 119 Å². The number of hydrogen-bond donors (Lipinski definition) is 1. The maximum atomic E-state index is 13.4. The molecule has 1 aliphatic heterocycles. The molecule has 1 N–H and O–H groups in total. The molecule has 0 bridgehead atoms. The van der Waals surface area contributed by atoms with Crippen LogP contribution in [0.15, 0.2) is 103 Å². The van der Waals surface area contributed by atoms with E-state index in [1.54, 1.807) is 36.4 Å². The van der Waals surface area contributed by atoms with Crippen LogP contribution >= 0.6 is 0 Å². The van der Waals surface area contributed by atoms with E-state index in [0.717, 1.165) is 10.8 Å². The van der Waals surface area contributed by atoms with Gasteiger partial charge in [-0.25, -0.2) is 4.79 Å². The number of fused-ring (bicyclic) bond motifs is 1. The lowest BCUT2D eigenvalue weighted by molar-refractivity contribution is -0.132. The van der Waals surface area contributed by atoms with Crippen LogP contribution in [0.4, 0.5) is 5.69 Å². The standard InChI is InChI=1S/C31H25NO5/c1-2-19-37-31(36)22-15-17-23(18-16-22)32-27(21-10-4-3-5-11-21)26(29(34)30(32)35)28(33)25-14-8-12-20-9-6-7-13-24(20)25/h3-18,27,33H,2,19H2,1H3/b28-26-. The van der Waals surface area contributed by atoms with Crippen LogP contribution in [0.25, 0.3) is 16.5 Å². The van der Waals surface area contributed by atoms with Crippen molar-refractivity contribution < 1.29 is 24.2 Å². The number of anilines is 1. The zero-order valence-electron chi connectivity index (χ0n) is 20.3. The van der Waals surface area contributed by atoms with Gasteiger partial charge < -0.3 is 9.84 Å². The molecule has 6 nitrogen and oxygen atoms in total. The summed E-state index contributed by atoms with van der Waals surface area (Å²) in [4.78, 5) is 40.4. The first-order valence-corrected chi connectivity index (χ1v) is 12.1. The number of carbonyl (C=O) groups is 3. The van der Waals surface area contributed by atoms with Crippen molar-refractivity contribution in [2.24, 2.45) is 0 Å². The van der Waals surface area contributed by atoms with E-state index in [0.29, 0.717) is 35.4 Å². The van der Waals surface area contributed by atoms with E-state index in [4.69, 9.17) is 4.74 Å². The zero-order valence-corrected chi connectivity index (χ0v) is 20.3. The summed E-state index contributed by atoms with van der Waals surface area (Å²) in [6, 6.07) is 27.7. The van der Waals surface area contributed by atoms with Crippen LogP contribution < -0.4 is 4.90 Å². The summed E-state index contributed by atoms with van der Waals surface area (Å²) in [6.45, 7) is 2.23. The lowest BCUT2D eigenvalue weighted by Gasteiger charge is -2.25. The highest BCUT2D eigenvalue weighted by molar-refractivity contribution is 6.51. The second-order valence-corrected chi connectivity index (χ2v) is 8.79. The second kappa shape index (κ2) is 10.1. The predicted molar refractivity (Wildman–Crippen MR) is 142 cm³/mol. The number of hydrogen-bond acceptors (Lipinski definition) is 5. The molecule has 1 heterocycles. The van der Waals surface area contributed by atoms with E-state index in [9.17, 15) is 19.5 Å². The van der Waals surface area contributed by atoms with Crippen molar-refractivity contribution in [3.8, 4) is 0 Å². The quantitative estimate of drug-likeness (QED) is 0.154. The molecule has 184 valence electrons. The van der Waals surface area contributed by atoms with Crippen LogP contribution in [0, 0.1) is 0 Å². The lowest BCUT2D eigenvalue weighted by Crippen LogP contribution is -2.29. The molecule has 6 heteroatoms. The summed E-state index contributed by atoms with van der Waals surface area (Å²) < 4.78 is 5.19. The first kappa shape index (κ1) is 24.0. The number of benzene rings is 4. The number of aliphatic hydroxyl groups excluding tert-OH is 1. The summed E-state index contributed by atoms with van der Waals surface area (Å²) in [5.74, 6) is -2.21. The number of rotatable bonds is 6. The highest BCUT2D eigenvalue weighted by Crippen LogP contribution is 2.42. The van der Waals surface area contributed by atoms with Gasteiger partial charge in [-0.3, -0.25) is 14.5 Å². The first-order valence-electron chi connectivity index (χ1n) is 12.1. The minimum Gasteiger partial charge on any atom is -0.507 e. The third-order valence-corrected chi connectivity index (χ3v) is 6.42. The summed E-state index contributed by atoms with van der Waals surface area (Å²) in [5.41, 5.74) is 1.95. The molecular formula is C31H25NO5. The maximum Gasteiger partial charge on any atom is 0.338 e. The Morgan fingerprint density at radius 3 is 2.27 bits per heavy atom. The predicted octanol–water partition coefficient (Wildman–Crippen LogP) is 6.03. The van der Waals surface area contributed by atoms with Crippen LogP contribution in [0.1, 0.15) is 40.9 Å².